The monoisotopic (exact) mass is 302 g/mol. The second kappa shape index (κ2) is 3.45. The van der Waals surface area contributed by atoms with Crippen molar-refractivity contribution in [2.24, 2.45) is 0 Å². The molecule has 0 nitrogen and oxygen atoms in total. The van der Waals surface area contributed by atoms with E-state index >= 15 is 0 Å². The van der Waals surface area contributed by atoms with Crippen molar-refractivity contribution in [3.63, 3.8) is 0 Å². The van der Waals surface area contributed by atoms with Gasteiger partial charge in [-0.25, -0.2) is 0 Å². The Hall–Kier alpha value is -0.690. The Labute approximate surface area is 106 Å². The van der Waals surface area contributed by atoms with Crippen LogP contribution in [0.2, 0.25) is 0 Å². The first-order valence-electron chi connectivity index (χ1n) is 5.09. The summed E-state index contributed by atoms with van der Waals surface area (Å²) in [6, 6.07) is 6.12. The Kier molecular flexibility index (Phi) is 2.63. The summed E-state index contributed by atoms with van der Waals surface area (Å²) in [5.41, 5.74) is 0.761. The van der Waals surface area contributed by atoms with Crippen LogP contribution in [0.25, 0.3) is 5.57 Å². The molecule has 0 saturated carbocycles. The highest BCUT2D eigenvalue weighted by molar-refractivity contribution is 8.46. The second-order valence-corrected chi connectivity index (χ2v) is 7.82. The third-order valence-corrected chi connectivity index (χ3v) is 5.38. The van der Waals surface area contributed by atoms with E-state index in [1.54, 1.807) is 19.1 Å². The molecule has 7 heteroatoms. The largest absolute Gasteiger partial charge is 0.292 e. The third-order valence-electron chi connectivity index (χ3n) is 2.73. The predicted molar refractivity (Wildman–Crippen MR) is 68.5 cm³/mol. The molecule has 0 aliphatic carbocycles. The van der Waals surface area contributed by atoms with Crippen LogP contribution in [0.3, 0.4) is 0 Å². The number of benzene rings is 1. The van der Waals surface area contributed by atoms with Crippen LogP contribution in [0.1, 0.15) is 11.1 Å². The van der Waals surface area contributed by atoms with Crippen LogP contribution in [-0.4, -0.2) is 11.0 Å². The van der Waals surface area contributed by atoms with E-state index in [2.05, 4.69) is 0 Å². The average molecular weight is 302 g/mol. The molecule has 0 bridgehead atoms. The first-order valence-corrected chi connectivity index (χ1v) is 8.15. The molecule has 1 atom stereocenters. The summed E-state index contributed by atoms with van der Waals surface area (Å²) in [7, 11) is -9.48. The highest BCUT2D eigenvalue weighted by atomic mass is 32.5. The normalized spacial score (nSPS) is 24.3. The summed E-state index contributed by atoms with van der Waals surface area (Å²) >= 11 is 0.781. The minimum Gasteiger partial charge on any atom is -0.132 e. The molecule has 0 radical (unpaired) electrons. The van der Waals surface area contributed by atoms with Crippen molar-refractivity contribution in [1.82, 2.24) is 0 Å². The summed E-state index contributed by atoms with van der Waals surface area (Å²) in [4.78, 5) is 0. The van der Waals surface area contributed by atoms with Crippen molar-refractivity contribution in [1.29, 1.82) is 0 Å². The number of halogens is 5. The Morgan fingerprint density at radius 3 is 2.11 bits per heavy atom. The van der Waals surface area contributed by atoms with Crippen molar-refractivity contribution < 1.29 is 19.4 Å². The number of hydrogen-bond donors (Lipinski definition) is 0. The number of aryl methyl sites for hydroxylation is 1. The Morgan fingerprint density at radius 1 is 1.06 bits per heavy atom. The standard InChI is InChI=1S/C11H11F5S2/c1-8-2-4-9(5-3-8)10-6-17-7-11(10)18(12,13,14,15)16/h2-6,11H,7H2,1H3. The topological polar surface area (TPSA) is 0 Å². The zero-order valence-corrected chi connectivity index (χ0v) is 11.0. The molecule has 0 saturated heterocycles. The van der Waals surface area contributed by atoms with E-state index in [9.17, 15) is 19.4 Å². The Balaban J connectivity index is 2.44. The van der Waals surface area contributed by atoms with Gasteiger partial charge in [-0.05, 0) is 23.5 Å². The zero-order valence-electron chi connectivity index (χ0n) is 9.38. The lowest BCUT2D eigenvalue weighted by molar-refractivity contribution is 0.358. The third kappa shape index (κ3) is 2.83. The van der Waals surface area contributed by atoms with Gasteiger partial charge in [-0.1, -0.05) is 49.3 Å². The van der Waals surface area contributed by atoms with Crippen LogP contribution in [0.5, 0.6) is 0 Å². The highest BCUT2D eigenvalue weighted by Gasteiger charge is 2.71. The molecule has 1 unspecified atom stereocenters. The highest BCUT2D eigenvalue weighted by Crippen LogP contribution is 3.01. The van der Waals surface area contributed by atoms with Gasteiger partial charge in [0.1, 0.15) is 5.25 Å². The van der Waals surface area contributed by atoms with Crippen LogP contribution in [0, 0.1) is 6.92 Å². The van der Waals surface area contributed by atoms with Gasteiger partial charge in [-0.3, -0.25) is 0 Å². The Bertz CT molecular complexity index is 500. The first kappa shape index (κ1) is 13.7. The maximum atomic E-state index is 12.9. The average Bonchev–Trinajstić information content (AvgIpc) is 2.65. The van der Waals surface area contributed by atoms with Crippen molar-refractivity contribution in [3.8, 4) is 0 Å². The van der Waals surface area contributed by atoms with Gasteiger partial charge >= 0.3 is 0 Å². The van der Waals surface area contributed by atoms with Gasteiger partial charge in [0, 0.05) is 5.75 Å². The van der Waals surface area contributed by atoms with Crippen LogP contribution in [0.4, 0.5) is 19.4 Å². The first-order chi connectivity index (χ1) is 7.97. The molecule has 1 aromatic carbocycles. The van der Waals surface area contributed by atoms with Crippen molar-refractivity contribution >= 4 is 27.6 Å². The van der Waals surface area contributed by atoms with Crippen LogP contribution in [-0.2, 0) is 0 Å². The minimum atomic E-state index is -9.48. The molecule has 0 spiro atoms. The van der Waals surface area contributed by atoms with Crippen molar-refractivity contribution in [2.75, 3.05) is 5.75 Å². The van der Waals surface area contributed by atoms with Gasteiger partial charge in [-0.15, -0.1) is 11.8 Å². The van der Waals surface area contributed by atoms with Crippen LogP contribution >= 0.6 is 22.0 Å². The molecule has 0 amide bonds. The molecule has 0 fully saturated rings. The zero-order chi connectivity index (χ0) is 13.7. The fraction of sp³-hybridized carbons (Fsp3) is 0.273. The van der Waals surface area contributed by atoms with Gasteiger partial charge in [0.15, 0.2) is 0 Å². The maximum absolute atomic E-state index is 12.9. The molecule has 1 heterocycles. The van der Waals surface area contributed by atoms with E-state index in [0.29, 0.717) is 0 Å². The number of thioether (sulfide) groups is 1. The lowest BCUT2D eigenvalue weighted by Crippen LogP contribution is -2.26. The minimum absolute atomic E-state index is 0.212. The summed E-state index contributed by atoms with van der Waals surface area (Å²) in [6.07, 6.45) is 0. The predicted octanol–water partition coefficient (Wildman–Crippen LogP) is 5.75. The number of rotatable bonds is 2. The van der Waals surface area contributed by atoms with Crippen molar-refractivity contribution in [2.45, 2.75) is 12.2 Å². The number of hydrogen-bond acceptors (Lipinski definition) is 1. The summed E-state index contributed by atoms with van der Waals surface area (Å²) in [5.74, 6) is -0.638. The van der Waals surface area contributed by atoms with Gasteiger partial charge < -0.3 is 0 Å². The molecular formula is C11H11F5S2. The molecular weight excluding hydrogens is 291 g/mol. The smallest absolute Gasteiger partial charge is 0.132 e. The summed E-state index contributed by atoms with van der Waals surface area (Å²) < 4.78 is 64.4. The van der Waals surface area contributed by atoms with Crippen LogP contribution in [0.15, 0.2) is 29.7 Å². The van der Waals surface area contributed by atoms with E-state index < -0.39 is 21.2 Å². The van der Waals surface area contributed by atoms with E-state index in [-0.39, 0.29) is 11.1 Å². The second-order valence-electron chi connectivity index (χ2n) is 4.29. The molecule has 0 aromatic heterocycles. The SMILES string of the molecule is Cc1ccc(C2=CSCC2S(F)(F)(F)(F)F)cc1. The van der Waals surface area contributed by atoms with E-state index in [0.717, 1.165) is 17.3 Å². The molecule has 1 aliphatic rings. The van der Waals surface area contributed by atoms with E-state index in [1.807, 2.05) is 0 Å². The van der Waals surface area contributed by atoms with Gasteiger partial charge in [0.25, 0.3) is 10.2 Å². The quantitative estimate of drug-likeness (QED) is 0.627. The molecule has 18 heavy (non-hydrogen) atoms. The molecule has 0 N–H and O–H groups in total. The van der Waals surface area contributed by atoms with Crippen LogP contribution < -0.4 is 0 Å². The van der Waals surface area contributed by atoms with Gasteiger partial charge in [0.05, 0.1) is 0 Å². The Morgan fingerprint density at radius 2 is 1.61 bits per heavy atom. The fourth-order valence-corrected chi connectivity index (χ4v) is 4.72. The molecule has 2 rings (SSSR count). The maximum Gasteiger partial charge on any atom is 0.292 e. The van der Waals surface area contributed by atoms with Gasteiger partial charge in [0.2, 0.25) is 0 Å². The molecule has 102 valence electrons. The summed E-state index contributed by atoms with van der Waals surface area (Å²) in [5, 5.41) is -1.45. The lowest BCUT2D eigenvalue weighted by atomic mass is 10.0. The lowest BCUT2D eigenvalue weighted by Gasteiger charge is -2.46. The summed E-state index contributed by atoms with van der Waals surface area (Å²) in [6.45, 7) is 1.78. The van der Waals surface area contributed by atoms with Crippen molar-refractivity contribution in [3.05, 3.63) is 40.8 Å². The molecule has 1 aliphatic heterocycles. The van der Waals surface area contributed by atoms with E-state index in [1.165, 1.54) is 17.5 Å². The molecule has 1 aromatic rings. The fourth-order valence-electron chi connectivity index (χ4n) is 1.76. The van der Waals surface area contributed by atoms with Gasteiger partial charge in [-0.2, -0.15) is 0 Å². The van der Waals surface area contributed by atoms with E-state index in [4.69, 9.17) is 0 Å².